The number of carbonyl (C=O) groups is 2. The smallest absolute Gasteiger partial charge is 0.326 e. The lowest BCUT2D eigenvalue weighted by molar-refractivity contribution is -0.139. The largest absolute Gasteiger partial charge is 0.480 e. The van der Waals surface area contributed by atoms with Gasteiger partial charge in [-0.3, -0.25) is 0 Å². The zero-order chi connectivity index (χ0) is 12.7. The molecule has 0 fully saturated rings. The van der Waals surface area contributed by atoms with Gasteiger partial charge in [0.1, 0.15) is 6.04 Å². The third-order valence-corrected chi connectivity index (χ3v) is 2.73. The van der Waals surface area contributed by atoms with Crippen LogP contribution in [0.5, 0.6) is 0 Å². The molecular formula is C11H22N2O3. The summed E-state index contributed by atoms with van der Waals surface area (Å²) < 4.78 is 0. The Morgan fingerprint density at radius 3 is 2.12 bits per heavy atom. The first-order valence-electron chi connectivity index (χ1n) is 5.77. The number of carbonyl (C=O) groups excluding carboxylic acids is 1. The van der Waals surface area contributed by atoms with Crippen LogP contribution in [0.1, 0.15) is 40.5 Å². The van der Waals surface area contributed by atoms with E-state index in [2.05, 4.69) is 5.32 Å². The van der Waals surface area contributed by atoms with Gasteiger partial charge < -0.3 is 15.3 Å². The molecule has 0 heterocycles. The summed E-state index contributed by atoms with van der Waals surface area (Å²) in [6.45, 7) is 8.14. The van der Waals surface area contributed by atoms with E-state index in [0.717, 1.165) is 6.42 Å². The molecule has 0 aromatic rings. The number of nitrogens with one attached hydrogen (secondary N) is 1. The molecule has 0 bridgehead atoms. The number of hydrogen-bond acceptors (Lipinski definition) is 2. The van der Waals surface area contributed by atoms with Crippen molar-refractivity contribution in [2.75, 3.05) is 6.54 Å². The minimum Gasteiger partial charge on any atom is -0.480 e. The normalized spacial score (nSPS) is 14.0. The van der Waals surface area contributed by atoms with E-state index in [9.17, 15) is 9.59 Å². The van der Waals surface area contributed by atoms with Crippen molar-refractivity contribution in [3.05, 3.63) is 0 Å². The van der Waals surface area contributed by atoms with Crippen LogP contribution in [0.15, 0.2) is 0 Å². The lowest BCUT2D eigenvalue weighted by atomic mass is 10.2. The minimum absolute atomic E-state index is 0.122. The second-order valence-corrected chi connectivity index (χ2v) is 3.79. The van der Waals surface area contributed by atoms with Gasteiger partial charge in [-0.25, -0.2) is 9.59 Å². The van der Waals surface area contributed by atoms with Crippen molar-refractivity contribution >= 4 is 12.0 Å². The standard InChI is InChI=1S/C11H22N2O3/c1-5-8(4)13(7-3)11(16)12-9(6-2)10(14)15/h8-9H,5-7H2,1-4H3,(H,12,16)(H,14,15)/t8?,9-/m0/s1. The molecule has 5 heteroatoms. The number of carboxylic acid groups (broad SMARTS) is 1. The Morgan fingerprint density at radius 2 is 1.81 bits per heavy atom. The third kappa shape index (κ3) is 4.08. The van der Waals surface area contributed by atoms with Crippen molar-refractivity contribution in [3.8, 4) is 0 Å². The van der Waals surface area contributed by atoms with Gasteiger partial charge in [0.25, 0.3) is 0 Å². The molecule has 0 aromatic carbocycles. The summed E-state index contributed by atoms with van der Waals surface area (Å²) in [4.78, 5) is 24.2. The van der Waals surface area contributed by atoms with Crippen LogP contribution in [0.2, 0.25) is 0 Å². The molecule has 0 spiro atoms. The Bertz CT molecular complexity index is 243. The Labute approximate surface area is 96.8 Å². The predicted molar refractivity (Wildman–Crippen MR) is 62.4 cm³/mol. The molecule has 0 aliphatic carbocycles. The van der Waals surface area contributed by atoms with Crippen LogP contribution < -0.4 is 5.32 Å². The molecule has 1 unspecified atom stereocenters. The highest BCUT2D eigenvalue weighted by Crippen LogP contribution is 2.04. The summed E-state index contributed by atoms with van der Waals surface area (Å²) in [7, 11) is 0. The van der Waals surface area contributed by atoms with Crippen molar-refractivity contribution in [1.29, 1.82) is 0 Å². The monoisotopic (exact) mass is 230 g/mol. The van der Waals surface area contributed by atoms with Crippen molar-refractivity contribution in [3.63, 3.8) is 0 Å². The summed E-state index contributed by atoms with van der Waals surface area (Å²) >= 11 is 0. The summed E-state index contributed by atoms with van der Waals surface area (Å²) in [5, 5.41) is 11.4. The molecule has 0 radical (unpaired) electrons. The Kier molecular flexibility index (Phi) is 6.53. The van der Waals surface area contributed by atoms with Crippen LogP contribution in [0.3, 0.4) is 0 Å². The van der Waals surface area contributed by atoms with Crippen LogP contribution in [0.4, 0.5) is 4.79 Å². The van der Waals surface area contributed by atoms with E-state index in [1.54, 1.807) is 11.8 Å². The van der Waals surface area contributed by atoms with E-state index >= 15 is 0 Å². The fourth-order valence-corrected chi connectivity index (χ4v) is 1.45. The molecule has 5 nitrogen and oxygen atoms in total. The number of nitrogens with zero attached hydrogens (tertiary/aromatic N) is 1. The van der Waals surface area contributed by atoms with E-state index in [-0.39, 0.29) is 12.1 Å². The molecule has 16 heavy (non-hydrogen) atoms. The number of hydrogen-bond donors (Lipinski definition) is 2. The summed E-state index contributed by atoms with van der Waals surface area (Å²) in [5.74, 6) is -0.990. The number of urea groups is 1. The van der Waals surface area contributed by atoms with Gasteiger partial charge in [-0.15, -0.1) is 0 Å². The van der Waals surface area contributed by atoms with Crippen molar-refractivity contribution in [2.45, 2.75) is 52.6 Å². The van der Waals surface area contributed by atoms with E-state index in [4.69, 9.17) is 5.11 Å². The Balaban J connectivity index is 4.46. The SMILES string of the molecule is CCC(C)N(CC)C(=O)N[C@@H](CC)C(=O)O. The molecule has 0 aliphatic heterocycles. The number of rotatable bonds is 6. The van der Waals surface area contributed by atoms with E-state index in [1.165, 1.54) is 0 Å². The van der Waals surface area contributed by atoms with Crippen molar-refractivity contribution in [2.24, 2.45) is 0 Å². The molecule has 0 saturated carbocycles. The lowest BCUT2D eigenvalue weighted by Gasteiger charge is -2.28. The second kappa shape index (κ2) is 7.09. The van der Waals surface area contributed by atoms with Crippen molar-refractivity contribution < 1.29 is 14.7 Å². The molecule has 0 rings (SSSR count). The highest BCUT2D eigenvalue weighted by atomic mass is 16.4. The molecular weight excluding hydrogens is 208 g/mol. The van der Waals surface area contributed by atoms with Gasteiger partial charge in [0.2, 0.25) is 0 Å². The quantitative estimate of drug-likeness (QED) is 0.729. The van der Waals surface area contributed by atoms with Crippen LogP contribution in [0, 0.1) is 0 Å². The fourth-order valence-electron chi connectivity index (χ4n) is 1.45. The summed E-state index contributed by atoms with van der Waals surface area (Å²) in [6.07, 6.45) is 1.24. The lowest BCUT2D eigenvalue weighted by Crippen LogP contribution is -2.50. The zero-order valence-electron chi connectivity index (χ0n) is 10.5. The molecule has 0 aliphatic rings. The van der Waals surface area contributed by atoms with Gasteiger partial charge in [0, 0.05) is 12.6 Å². The zero-order valence-corrected chi connectivity index (χ0v) is 10.5. The molecule has 0 saturated heterocycles. The second-order valence-electron chi connectivity index (χ2n) is 3.79. The first-order chi connectivity index (χ1) is 7.47. The first-order valence-corrected chi connectivity index (χ1v) is 5.77. The van der Waals surface area contributed by atoms with E-state index in [0.29, 0.717) is 13.0 Å². The molecule has 94 valence electrons. The van der Waals surface area contributed by atoms with Crippen molar-refractivity contribution in [1.82, 2.24) is 10.2 Å². The maximum atomic E-state index is 11.8. The van der Waals surface area contributed by atoms with Gasteiger partial charge in [0.15, 0.2) is 0 Å². The minimum atomic E-state index is -0.990. The van der Waals surface area contributed by atoms with Gasteiger partial charge in [0.05, 0.1) is 0 Å². The maximum Gasteiger partial charge on any atom is 0.326 e. The number of amides is 2. The van der Waals surface area contributed by atoms with Gasteiger partial charge >= 0.3 is 12.0 Å². The van der Waals surface area contributed by atoms with Gasteiger partial charge in [-0.1, -0.05) is 13.8 Å². The summed E-state index contributed by atoms with van der Waals surface area (Å²) in [6, 6.07) is -0.979. The topological polar surface area (TPSA) is 69.6 Å². The fraction of sp³-hybridized carbons (Fsp3) is 0.818. The third-order valence-electron chi connectivity index (χ3n) is 2.73. The Morgan fingerprint density at radius 1 is 1.25 bits per heavy atom. The van der Waals surface area contributed by atoms with Crippen LogP contribution >= 0.6 is 0 Å². The molecule has 2 atom stereocenters. The molecule has 0 aromatic heterocycles. The van der Waals surface area contributed by atoms with Crippen LogP contribution in [-0.4, -0.2) is 40.6 Å². The number of carboxylic acids is 1. The highest BCUT2D eigenvalue weighted by molar-refractivity contribution is 5.82. The van der Waals surface area contributed by atoms with E-state index in [1.807, 2.05) is 20.8 Å². The average Bonchev–Trinajstić information content (AvgIpc) is 2.25. The number of aliphatic carboxylic acids is 1. The first kappa shape index (κ1) is 14.7. The van der Waals surface area contributed by atoms with Gasteiger partial charge in [-0.05, 0) is 26.7 Å². The van der Waals surface area contributed by atoms with Gasteiger partial charge in [-0.2, -0.15) is 0 Å². The average molecular weight is 230 g/mol. The predicted octanol–water partition coefficient (Wildman–Crippen LogP) is 1.68. The highest BCUT2D eigenvalue weighted by Gasteiger charge is 2.22. The maximum absolute atomic E-state index is 11.8. The van der Waals surface area contributed by atoms with E-state index < -0.39 is 12.0 Å². The summed E-state index contributed by atoms with van der Waals surface area (Å²) in [5.41, 5.74) is 0. The van der Waals surface area contributed by atoms with Crippen LogP contribution in [-0.2, 0) is 4.79 Å². The van der Waals surface area contributed by atoms with Crippen LogP contribution in [0.25, 0.3) is 0 Å². The molecule has 2 amide bonds. The molecule has 2 N–H and O–H groups in total. The Hall–Kier alpha value is -1.26.